The standard InChI is InChI=1S/C8H16N2O5S/c1-2-15-8(12)4-3-7(11)10-5-6-16(9,13)14/h2-6H2,1H3,(H,10,11)(H2,9,13,14). The third-order valence-corrected chi connectivity index (χ3v) is 2.34. The van der Waals surface area contributed by atoms with E-state index < -0.39 is 21.9 Å². The maximum atomic E-state index is 11.1. The first-order chi connectivity index (χ1) is 7.35. The lowest BCUT2D eigenvalue weighted by molar-refractivity contribution is -0.144. The Morgan fingerprint density at radius 3 is 2.44 bits per heavy atom. The van der Waals surface area contributed by atoms with Crippen molar-refractivity contribution in [3.05, 3.63) is 0 Å². The lowest BCUT2D eigenvalue weighted by Crippen LogP contribution is -2.31. The zero-order valence-electron chi connectivity index (χ0n) is 9.06. The molecule has 16 heavy (non-hydrogen) atoms. The van der Waals surface area contributed by atoms with Crippen molar-refractivity contribution in [2.24, 2.45) is 5.14 Å². The molecule has 0 aromatic heterocycles. The third kappa shape index (κ3) is 9.41. The smallest absolute Gasteiger partial charge is 0.306 e. The van der Waals surface area contributed by atoms with Crippen LogP contribution in [0.1, 0.15) is 19.8 Å². The molecule has 0 saturated carbocycles. The molecule has 0 aliphatic heterocycles. The van der Waals surface area contributed by atoms with E-state index in [1.54, 1.807) is 6.92 Å². The fraction of sp³-hybridized carbons (Fsp3) is 0.750. The first-order valence-corrected chi connectivity index (χ1v) is 6.49. The summed E-state index contributed by atoms with van der Waals surface area (Å²) in [6, 6.07) is 0. The van der Waals surface area contributed by atoms with Crippen LogP contribution >= 0.6 is 0 Å². The molecule has 8 heteroatoms. The molecule has 0 saturated heterocycles. The van der Waals surface area contributed by atoms with Crippen molar-refractivity contribution >= 4 is 21.9 Å². The number of amides is 1. The summed E-state index contributed by atoms with van der Waals surface area (Å²) in [5, 5.41) is 7.06. The molecule has 3 N–H and O–H groups in total. The zero-order chi connectivity index (χ0) is 12.6. The molecule has 0 atom stereocenters. The summed E-state index contributed by atoms with van der Waals surface area (Å²) in [5.41, 5.74) is 0. The van der Waals surface area contributed by atoms with E-state index in [2.05, 4.69) is 10.1 Å². The van der Waals surface area contributed by atoms with Gasteiger partial charge < -0.3 is 10.1 Å². The molecule has 0 heterocycles. The fourth-order valence-electron chi connectivity index (χ4n) is 0.870. The maximum Gasteiger partial charge on any atom is 0.306 e. The van der Waals surface area contributed by atoms with Gasteiger partial charge in [-0.05, 0) is 6.92 Å². The van der Waals surface area contributed by atoms with Crippen LogP contribution in [-0.4, -0.2) is 39.2 Å². The molecule has 0 aliphatic rings. The van der Waals surface area contributed by atoms with E-state index in [9.17, 15) is 18.0 Å². The van der Waals surface area contributed by atoms with Crippen LogP contribution in [0.2, 0.25) is 0 Å². The molecule has 0 rings (SSSR count). The van der Waals surface area contributed by atoms with E-state index in [1.807, 2.05) is 0 Å². The van der Waals surface area contributed by atoms with Gasteiger partial charge >= 0.3 is 5.97 Å². The molecule has 94 valence electrons. The summed E-state index contributed by atoms with van der Waals surface area (Å²) in [7, 11) is -3.57. The van der Waals surface area contributed by atoms with E-state index in [4.69, 9.17) is 5.14 Å². The van der Waals surface area contributed by atoms with Gasteiger partial charge in [0.25, 0.3) is 0 Å². The highest BCUT2D eigenvalue weighted by Gasteiger charge is 2.08. The minimum Gasteiger partial charge on any atom is -0.466 e. The second kappa shape index (κ2) is 7.18. The van der Waals surface area contributed by atoms with Gasteiger partial charge in [0.1, 0.15) is 0 Å². The van der Waals surface area contributed by atoms with Crippen LogP contribution in [0.25, 0.3) is 0 Å². The number of esters is 1. The fourth-order valence-corrected chi connectivity index (χ4v) is 1.26. The summed E-state index contributed by atoms with van der Waals surface area (Å²) in [6.45, 7) is 1.89. The number of carbonyl (C=O) groups is 2. The number of hydrogen-bond donors (Lipinski definition) is 2. The number of ether oxygens (including phenoxy) is 1. The summed E-state index contributed by atoms with van der Waals surface area (Å²) in [4.78, 5) is 21.9. The molecular weight excluding hydrogens is 236 g/mol. The van der Waals surface area contributed by atoms with Crippen LogP contribution in [0.5, 0.6) is 0 Å². The van der Waals surface area contributed by atoms with Gasteiger partial charge in [-0.1, -0.05) is 0 Å². The highest BCUT2D eigenvalue weighted by molar-refractivity contribution is 7.89. The number of sulfonamides is 1. The lowest BCUT2D eigenvalue weighted by Gasteiger charge is -2.04. The molecule has 0 radical (unpaired) electrons. The molecule has 0 unspecified atom stereocenters. The Morgan fingerprint density at radius 1 is 1.31 bits per heavy atom. The van der Waals surface area contributed by atoms with E-state index in [0.717, 1.165) is 0 Å². The van der Waals surface area contributed by atoms with Crippen LogP contribution < -0.4 is 10.5 Å². The van der Waals surface area contributed by atoms with E-state index in [1.165, 1.54) is 0 Å². The minimum absolute atomic E-state index is 0.0188. The number of rotatable bonds is 7. The Labute approximate surface area is 94.4 Å². The van der Waals surface area contributed by atoms with Crippen LogP contribution in [0.4, 0.5) is 0 Å². The average Bonchev–Trinajstić information content (AvgIpc) is 2.13. The third-order valence-electron chi connectivity index (χ3n) is 1.57. The molecule has 0 bridgehead atoms. The summed E-state index contributed by atoms with van der Waals surface area (Å²) in [6.07, 6.45) is -0.0432. The summed E-state index contributed by atoms with van der Waals surface area (Å²) < 4.78 is 25.6. The predicted octanol–water partition coefficient (Wildman–Crippen LogP) is -1.27. The van der Waals surface area contributed by atoms with E-state index in [0.29, 0.717) is 0 Å². The Kier molecular flexibility index (Phi) is 6.66. The lowest BCUT2D eigenvalue weighted by atomic mass is 10.3. The van der Waals surface area contributed by atoms with Crippen LogP contribution in [-0.2, 0) is 24.3 Å². The normalized spacial score (nSPS) is 10.9. The quantitative estimate of drug-likeness (QED) is 0.548. The second-order valence-electron chi connectivity index (χ2n) is 3.02. The minimum atomic E-state index is -3.57. The first-order valence-electron chi connectivity index (χ1n) is 4.78. The van der Waals surface area contributed by atoms with Crippen LogP contribution in [0.15, 0.2) is 0 Å². The number of carbonyl (C=O) groups excluding carboxylic acids is 2. The van der Waals surface area contributed by atoms with Gasteiger partial charge in [-0.2, -0.15) is 0 Å². The number of nitrogens with one attached hydrogen (secondary N) is 1. The Morgan fingerprint density at radius 2 is 1.94 bits per heavy atom. The molecule has 0 aromatic rings. The van der Waals surface area contributed by atoms with Gasteiger partial charge in [-0.3, -0.25) is 9.59 Å². The van der Waals surface area contributed by atoms with Gasteiger partial charge in [-0.25, -0.2) is 13.6 Å². The second-order valence-corrected chi connectivity index (χ2v) is 4.76. The Hall–Kier alpha value is -1.15. The highest BCUT2D eigenvalue weighted by atomic mass is 32.2. The van der Waals surface area contributed by atoms with Crippen molar-refractivity contribution in [2.45, 2.75) is 19.8 Å². The van der Waals surface area contributed by atoms with Crippen LogP contribution in [0, 0.1) is 0 Å². The SMILES string of the molecule is CCOC(=O)CCC(=O)NCCS(N)(=O)=O. The van der Waals surface area contributed by atoms with Gasteiger partial charge in [-0.15, -0.1) is 0 Å². The van der Waals surface area contributed by atoms with Crippen molar-refractivity contribution in [1.29, 1.82) is 0 Å². The number of primary sulfonamides is 1. The van der Waals surface area contributed by atoms with Crippen LogP contribution in [0.3, 0.4) is 0 Å². The number of nitrogens with two attached hydrogens (primary N) is 1. The largest absolute Gasteiger partial charge is 0.466 e. The summed E-state index contributed by atoms with van der Waals surface area (Å²) >= 11 is 0. The zero-order valence-corrected chi connectivity index (χ0v) is 9.88. The molecule has 1 amide bonds. The number of hydrogen-bond acceptors (Lipinski definition) is 5. The van der Waals surface area contributed by atoms with Crippen molar-refractivity contribution in [3.63, 3.8) is 0 Å². The Bertz CT molecular complexity index is 338. The van der Waals surface area contributed by atoms with Crippen molar-refractivity contribution in [3.8, 4) is 0 Å². The maximum absolute atomic E-state index is 11.1. The van der Waals surface area contributed by atoms with Gasteiger partial charge in [0.05, 0.1) is 18.8 Å². The van der Waals surface area contributed by atoms with Crippen molar-refractivity contribution < 1.29 is 22.7 Å². The molecule has 0 aliphatic carbocycles. The van der Waals surface area contributed by atoms with Gasteiger partial charge in [0.2, 0.25) is 15.9 Å². The van der Waals surface area contributed by atoms with E-state index >= 15 is 0 Å². The average molecular weight is 252 g/mol. The van der Waals surface area contributed by atoms with Gasteiger partial charge in [0.15, 0.2) is 0 Å². The van der Waals surface area contributed by atoms with Gasteiger partial charge in [0, 0.05) is 13.0 Å². The molecule has 0 fully saturated rings. The summed E-state index contributed by atoms with van der Waals surface area (Å²) in [5.74, 6) is -1.18. The monoisotopic (exact) mass is 252 g/mol. The molecule has 7 nitrogen and oxygen atoms in total. The van der Waals surface area contributed by atoms with Crippen molar-refractivity contribution in [1.82, 2.24) is 5.32 Å². The molecule has 0 aromatic carbocycles. The predicted molar refractivity (Wildman–Crippen MR) is 56.9 cm³/mol. The molecular formula is C8H16N2O5S. The topological polar surface area (TPSA) is 116 Å². The van der Waals surface area contributed by atoms with E-state index in [-0.39, 0.29) is 31.7 Å². The van der Waals surface area contributed by atoms with Crippen molar-refractivity contribution in [2.75, 3.05) is 18.9 Å². The molecule has 0 spiro atoms. The first kappa shape index (κ1) is 14.8. The highest BCUT2D eigenvalue weighted by Crippen LogP contribution is 1.92. The Balaban J connectivity index is 3.64.